The fourth-order valence-electron chi connectivity index (χ4n) is 1.81. The first-order chi connectivity index (χ1) is 9.88. The fourth-order valence-corrected chi connectivity index (χ4v) is 2.16. The van der Waals surface area contributed by atoms with Crippen LogP contribution in [0.4, 0.5) is 0 Å². The molecular formula is C15H7Cl3O3. The molecule has 21 heavy (non-hydrogen) atoms. The van der Waals surface area contributed by atoms with Crippen LogP contribution >= 0.6 is 34.8 Å². The lowest BCUT2D eigenvalue weighted by molar-refractivity contribution is 0.107. The summed E-state index contributed by atoms with van der Waals surface area (Å²) in [5, 5.41) is -1.95. The topological polar surface area (TPSA) is 51.2 Å². The molecule has 6 heteroatoms. The predicted molar refractivity (Wildman–Crippen MR) is 82.4 cm³/mol. The number of carbonyl (C=O) groups is 3. The van der Waals surface area contributed by atoms with Gasteiger partial charge >= 0.3 is 0 Å². The summed E-state index contributed by atoms with van der Waals surface area (Å²) in [5.41, 5.74) is 1.94. The van der Waals surface area contributed by atoms with Crippen molar-refractivity contribution >= 4 is 50.5 Å². The molecule has 0 aromatic heterocycles. The highest BCUT2D eigenvalue weighted by molar-refractivity contribution is 6.69. The van der Waals surface area contributed by atoms with Gasteiger partial charge in [-0.1, -0.05) is 12.1 Å². The molecule has 0 bridgehead atoms. The Morgan fingerprint density at radius 1 is 0.571 bits per heavy atom. The quantitative estimate of drug-likeness (QED) is 0.770. The zero-order valence-corrected chi connectivity index (χ0v) is 12.7. The van der Waals surface area contributed by atoms with E-state index in [2.05, 4.69) is 0 Å². The zero-order chi connectivity index (χ0) is 15.6. The molecule has 0 saturated heterocycles. The Kier molecular flexibility index (Phi) is 4.78. The highest BCUT2D eigenvalue weighted by Gasteiger charge is 2.12. The maximum atomic E-state index is 11.3. The number of carbonyl (C=O) groups excluding carboxylic acids is 3. The lowest BCUT2D eigenvalue weighted by Gasteiger charge is -2.06. The smallest absolute Gasteiger partial charge is 0.252 e. The molecule has 0 unspecified atom stereocenters. The zero-order valence-electron chi connectivity index (χ0n) is 10.4. The third-order valence-electron chi connectivity index (χ3n) is 2.83. The standard InChI is InChI=1S/C15H7Cl3O3/c16-13(19)9-3-1-8(2-4-9)10-5-11(14(17)20)7-12(6-10)15(18)21/h1-7H. The van der Waals surface area contributed by atoms with E-state index in [1.165, 1.54) is 18.2 Å². The Labute approximate surface area is 135 Å². The van der Waals surface area contributed by atoms with Gasteiger partial charge in [0.15, 0.2) is 0 Å². The molecule has 0 amide bonds. The molecule has 0 heterocycles. The van der Waals surface area contributed by atoms with E-state index >= 15 is 0 Å². The highest BCUT2D eigenvalue weighted by atomic mass is 35.5. The first-order valence-electron chi connectivity index (χ1n) is 5.73. The molecule has 0 N–H and O–H groups in total. The van der Waals surface area contributed by atoms with Gasteiger partial charge in [0.2, 0.25) is 0 Å². The average molecular weight is 342 g/mol. The van der Waals surface area contributed by atoms with Crippen LogP contribution in [0.5, 0.6) is 0 Å². The fraction of sp³-hybridized carbons (Fsp3) is 0. The van der Waals surface area contributed by atoms with E-state index in [9.17, 15) is 14.4 Å². The summed E-state index contributed by atoms with van der Waals surface area (Å²) in [5.74, 6) is 0. The molecule has 106 valence electrons. The summed E-state index contributed by atoms with van der Waals surface area (Å²) in [6.45, 7) is 0. The van der Waals surface area contributed by atoms with Gasteiger partial charge in [-0.05, 0) is 76.3 Å². The summed E-state index contributed by atoms with van der Waals surface area (Å²) >= 11 is 16.3. The summed E-state index contributed by atoms with van der Waals surface area (Å²) in [7, 11) is 0. The SMILES string of the molecule is O=C(Cl)c1ccc(-c2cc(C(=O)Cl)cc(C(=O)Cl)c2)cc1. The van der Waals surface area contributed by atoms with Crippen molar-refractivity contribution in [1.82, 2.24) is 0 Å². The third-order valence-corrected chi connectivity index (χ3v) is 3.49. The Balaban J connectivity index is 2.54. The van der Waals surface area contributed by atoms with Gasteiger partial charge in [0.1, 0.15) is 0 Å². The van der Waals surface area contributed by atoms with Gasteiger partial charge in [0, 0.05) is 16.7 Å². The van der Waals surface area contributed by atoms with Crippen LogP contribution in [0.15, 0.2) is 42.5 Å². The van der Waals surface area contributed by atoms with E-state index in [1.807, 2.05) is 0 Å². The maximum Gasteiger partial charge on any atom is 0.252 e. The average Bonchev–Trinajstić information content (AvgIpc) is 2.46. The second-order valence-corrected chi connectivity index (χ2v) is 5.23. The van der Waals surface area contributed by atoms with E-state index < -0.39 is 15.7 Å². The molecule has 2 aromatic rings. The van der Waals surface area contributed by atoms with Gasteiger partial charge in [0.25, 0.3) is 15.7 Å². The van der Waals surface area contributed by atoms with E-state index in [4.69, 9.17) is 34.8 Å². The van der Waals surface area contributed by atoms with Gasteiger partial charge in [0.05, 0.1) is 0 Å². The number of benzene rings is 2. The largest absolute Gasteiger partial charge is 0.276 e. The number of hydrogen-bond acceptors (Lipinski definition) is 3. The number of halogens is 3. The second-order valence-electron chi connectivity index (χ2n) is 4.20. The minimum Gasteiger partial charge on any atom is -0.276 e. The van der Waals surface area contributed by atoms with Crippen LogP contribution < -0.4 is 0 Å². The lowest BCUT2D eigenvalue weighted by Crippen LogP contribution is -1.97. The van der Waals surface area contributed by atoms with Crippen molar-refractivity contribution in [2.45, 2.75) is 0 Å². The minimum atomic E-state index is -0.691. The third kappa shape index (κ3) is 3.70. The molecule has 0 fully saturated rings. The first kappa shape index (κ1) is 15.7. The van der Waals surface area contributed by atoms with Crippen molar-refractivity contribution in [3.05, 3.63) is 59.2 Å². The monoisotopic (exact) mass is 340 g/mol. The minimum absolute atomic E-state index is 0.163. The summed E-state index contributed by atoms with van der Waals surface area (Å²) in [4.78, 5) is 33.6. The maximum absolute atomic E-state index is 11.3. The van der Waals surface area contributed by atoms with Crippen molar-refractivity contribution < 1.29 is 14.4 Å². The van der Waals surface area contributed by atoms with Crippen molar-refractivity contribution in [2.75, 3.05) is 0 Å². The summed E-state index contributed by atoms with van der Waals surface area (Å²) in [6, 6.07) is 10.8. The van der Waals surface area contributed by atoms with Gasteiger partial charge in [-0.25, -0.2) is 0 Å². The molecule has 0 aliphatic carbocycles. The molecule has 0 atom stereocenters. The number of rotatable bonds is 4. The lowest BCUT2D eigenvalue weighted by atomic mass is 9.99. The second kappa shape index (κ2) is 6.39. The van der Waals surface area contributed by atoms with E-state index in [1.54, 1.807) is 24.3 Å². The van der Waals surface area contributed by atoms with Crippen LogP contribution in [0.3, 0.4) is 0 Å². The van der Waals surface area contributed by atoms with Crippen molar-refractivity contribution in [3.63, 3.8) is 0 Å². The molecule has 0 aliphatic heterocycles. The van der Waals surface area contributed by atoms with Gasteiger partial charge < -0.3 is 0 Å². The first-order valence-corrected chi connectivity index (χ1v) is 6.87. The van der Waals surface area contributed by atoms with Gasteiger partial charge in [-0.2, -0.15) is 0 Å². The Morgan fingerprint density at radius 2 is 1.00 bits per heavy atom. The van der Waals surface area contributed by atoms with E-state index in [0.717, 1.165) is 0 Å². The molecule has 0 radical (unpaired) electrons. The van der Waals surface area contributed by atoms with Gasteiger partial charge in [-0.15, -0.1) is 0 Å². The molecule has 0 aliphatic rings. The van der Waals surface area contributed by atoms with Crippen molar-refractivity contribution in [2.24, 2.45) is 0 Å². The number of hydrogen-bond donors (Lipinski definition) is 0. The molecule has 0 saturated carbocycles. The molecule has 0 spiro atoms. The van der Waals surface area contributed by atoms with Gasteiger partial charge in [-0.3, -0.25) is 14.4 Å². The van der Waals surface area contributed by atoms with Crippen LogP contribution in [0.1, 0.15) is 31.1 Å². The van der Waals surface area contributed by atoms with E-state index in [-0.39, 0.29) is 11.1 Å². The molecule has 2 aromatic carbocycles. The molecule has 3 nitrogen and oxygen atoms in total. The normalized spacial score (nSPS) is 10.2. The Morgan fingerprint density at radius 3 is 1.38 bits per heavy atom. The van der Waals surface area contributed by atoms with E-state index in [0.29, 0.717) is 16.7 Å². The predicted octanol–water partition coefficient (Wildman–Crippen LogP) is 4.49. The van der Waals surface area contributed by atoms with Crippen LogP contribution in [-0.2, 0) is 0 Å². The Bertz CT molecular complexity index is 704. The molecular weight excluding hydrogens is 335 g/mol. The summed E-state index contributed by atoms with van der Waals surface area (Å²) in [6.07, 6.45) is 0. The van der Waals surface area contributed by atoms with Crippen LogP contribution in [0.2, 0.25) is 0 Å². The Hall–Kier alpha value is -1.68. The van der Waals surface area contributed by atoms with Crippen molar-refractivity contribution in [1.29, 1.82) is 0 Å². The van der Waals surface area contributed by atoms with Crippen LogP contribution in [0, 0.1) is 0 Å². The van der Waals surface area contributed by atoms with Crippen LogP contribution in [0.25, 0.3) is 11.1 Å². The molecule has 2 rings (SSSR count). The van der Waals surface area contributed by atoms with Crippen LogP contribution in [-0.4, -0.2) is 15.7 Å². The summed E-state index contributed by atoms with van der Waals surface area (Å²) < 4.78 is 0. The highest BCUT2D eigenvalue weighted by Crippen LogP contribution is 2.25. The van der Waals surface area contributed by atoms with Crippen molar-refractivity contribution in [3.8, 4) is 11.1 Å².